The number of carbonyl (C=O) groups is 2. The predicted molar refractivity (Wildman–Crippen MR) is 115 cm³/mol. The Kier molecular flexibility index (Phi) is 5.81. The number of anilines is 2. The monoisotopic (exact) mass is 445 g/mol. The zero-order chi connectivity index (χ0) is 22.2. The van der Waals surface area contributed by atoms with E-state index in [9.17, 15) is 22.4 Å². The number of fused-ring (bicyclic) bond motifs is 1. The van der Waals surface area contributed by atoms with E-state index in [1.807, 2.05) is 6.92 Å². The van der Waals surface area contributed by atoms with Gasteiger partial charge in [-0.3, -0.25) is 9.59 Å². The van der Waals surface area contributed by atoms with Gasteiger partial charge in [-0.15, -0.1) is 0 Å². The highest BCUT2D eigenvalue weighted by atomic mass is 32.2. The summed E-state index contributed by atoms with van der Waals surface area (Å²) in [7, 11) is -3.83. The lowest BCUT2D eigenvalue weighted by Crippen LogP contribution is -2.36. The molecule has 164 valence electrons. The second-order valence-electron chi connectivity index (χ2n) is 8.00. The summed E-state index contributed by atoms with van der Waals surface area (Å²) in [4.78, 5) is 26.4. The molecule has 2 aromatic rings. The van der Waals surface area contributed by atoms with E-state index in [1.165, 1.54) is 24.3 Å². The average Bonchev–Trinajstić information content (AvgIpc) is 3.51. The molecule has 0 radical (unpaired) electrons. The Morgan fingerprint density at radius 3 is 2.61 bits per heavy atom. The third kappa shape index (κ3) is 4.62. The molecule has 1 aliphatic heterocycles. The van der Waals surface area contributed by atoms with Crippen LogP contribution in [0.3, 0.4) is 0 Å². The van der Waals surface area contributed by atoms with Crippen molar-refractivity contribution in [1.82, 2.24) is 4.72 Å². The fraction of sp³-hybridized carbons (Fsp3) is 0.364. The summed E-state index contributed by atoms with van der Waals surface area (Å²) in [6, 6.07) is 10.5. The highest BCUT2D eigenvalue weighted by Crippen LogP contribution is 2.39. The van der Waals surface area contributed by atoms with Crippen LogP contribution in [0.15, 0.2) is 47.4 Å². The SMILES string of the molecule is C[C@H]1Cc2cc(S(=O)(=O)NCCC(=O)Nc3ccccc3F)ccc2N1C(=O)C1CC1. The first kappa shape index (κ1) is 21.5. The Morgan fingerprint density at radius 1 is 1.16 bits per heavy atom. The van der Waals surface area contributed by atoms with Gasteiger partial charge < -0.3 is 10.2 Å². The van der Waals surface area contributed by atoms with Gasteiger partial charge in [0.15, 0.2) is 0 Å². The number of nitrogens with one attached hydrogen (secondary N) is 2. The van der Waals surface area contributed by atoms with Crippen LogP contribution in [0.1, 0.15) is 31.7 Å². The van der Waals surface area contributed by atoms with Crippen molar-refractivity contribution in [3.63, 3.8) is 0 Å². The Balaban J connectivity index is 1.38. The summed E-state index contributed by atoms with van der Waals surface area (Å²) >= 11 is 0. The Labute approximate surface area is 180 Å². The third-order valence-electron chi connectivity index (χ3n) is 5.53. The van der Waals surface area contributed by atoms with Gasteiger partial charge in [-0.1, -0.05) is 12.1 Å². The van der Waals surface area contributed by atoms with Gasteiger partial charge in [0.2, 0.25) is 21.8 Å². The number of para-hydroxylation sites is 1. The van der Waals surface area contributed by atoms with Crippen LogP contribution in [0.2, 0.25) is 0 Å². The zero-order valence-corrected chi connectivity index (χ0v) is 17.9. The molecule has 4 rings (SSSR count). The lowest BCUT2D eigenvalue weighted by molar-refractivity contribution is -0.120. The van der Waals surface area contributed by atoms with Crippen LogP contribution < -0.4 is 14.9 Å². The molecule has 2 N–H and O–H groups in total. The van der Waals surface area contributed by atoms with Crippen LogP contribution in [0.25, 0.3) is 0 Å². The Hall–Kier alpha value is -2.78. The maximum atomic E-state index is 13.6. The smallest absolute Gasteiger partial charge is 0.240 e. The molecule has 1 heterocycles. The van der Waals surface area contributed by atoms with E-state index in [0.29, 0.717) is 6.42 Å². The van der Waals surface area contributed by atoms with Crippen LogP contribution in [0, 0.1) is 11.7 Å². The second kappa shape index (κ2) is 8.39. The van der Waals surface area contributed by atoms with Gasteiger partial charge in [0.1, 0.15) is 5.82 Å². The van der Waals surface area contributed by atoms with Crippen molar-refractivity contribution >= 4 is 33.2 Å². The Morgan fingerprint density at radius 2 is 1.90 bits per heavy atom. The van der Waals surface area contributed by atoms with E-state index >= 15 is 0 Å². The molecule has 0 aromatic heterocycles. The number of rotatable bonds is 7. The average molecular weight is 446 g/mol. The molecular weight excluding hydrogens is 421 g/mol. The molecule has 2 aromatic carbocycles. The van der Waals surface area contributed by atoms with Crippen LogP contribution >= 0.6 is 0 Å². The fourth-order valence-electron chi connectivity index (χ4n) is 3.79. The van der Waals surface area contributed by atoms with E-state index in [1.54, 1.807) is 23.1 Å². The van der Waals surface area contributed by atoms with Gasteiger partial charge >= 0.3 is 0 Å². The van der Waals surface area contributed by atoms with E-state index in [4.69, 9.17) is 0 Å². The number of amides is 2. The summed E-state index contributed by atoms with van der Waals surface area (Å²) < 4.78 is 41.3. The molecule has 1 atom stereocenters. The highest BCUT2D eigenvalue weighted by Gasteiger charge is 2.39. The van der Waals surface area contributed by atoms with Gasteiger partial charge in [0.25, 0.3) is 0 Å². The molecule has 0 bridgehead atoms. The second-order valence-corrected chi connectivity index (χ2v) is 9.77. The number of hydrogen-bond acceptors (Lipinski definition) is 4. The lowest BCUT2D eigenvalue weighted by atomic mass is 10.1. The molecule has 1 saturated carbocycles. The number of benzene rings is 2. The summed E-state index contributed by atoms with van der Waals surface area (Å²) in [6.45, 7) is 1.84. The molecule has 9 heteroatoms. The van der Waals surface area contributed by atoms with E-state index < -0.39 is 21.7 Å². The maximum Gasteiger partial charge on any atom is 0.240 e. The van der Waals surface area contributed by atoms with Crippen molar-refractivity contribution in [3.8, 4) is 0 Å². The van der Waals surface area contributed by atoms with E-state index in [0.717, 1.165) is 24.1 Å². The molecule has 31 heavy (non-hydrogen) atoms. The topological polar surface area (TPSA) is 95.6 Å². The normalized spacial score (nSPS) is 18.0. The first-order chi connectivity index (χ1) is 14.8. The number of carbonyl (C=O) groups excluding carboxylic acids is 2. The zero-order valence-electron chi connectivity index (χ0n) is 17.1. The molecule has 0 spiro atoms. The minimum Gasteiger partial charge on any atom is -0.324 e. The van der Waals surface area contributed by atoms with Gasteiger partial charge in [0.05, 0.1) is 10.6 Å². The Bertz CT molecular complexity index is 1130. The van der Waals surface area contributed by atoms with Crippen LogP contribution in [0.4, 0.5) is 15.8 Å². The number of nitrogens with zero attached hydrogens (tertiary/aromatic N) is 1. The summed E-state index contributed by atoms with van der Waals surface area (Å²) in [5.41, 5.74) is 1.64. The first-order valence-electron chi connectivity index (χ1n) is 10.3. The molecule has 0 saturated heterocycles. The molecule has 0 unspecified atom stereocenters. The van der Waals surface area contributed by atoms with Crippen molar-refractivity contribution < 1.29 is 22.4 Å². The van der Waals surface area contributed by atoms with Crippen LogP contribution in [-0.4, -0.2) is 32.8 Å². The minimum absolute atomic E-state index is 0.00362. The standard InChI is InChI=1S/C22H24FN3O4S/c1-14-12-16-13-17(8-9-20(16)26(14)22(28)15-6-7-15)31(29,30)24-11-10-21(27)25-19-5-3-2-4-18(19)23/h2-5,8-9,13-15,24H,6-7,10-12H2,1H3,(H,25,27)/t14-/m0/s1. The molecule has 2 aliphatic rings. The van der Waals surface area contributed by atoms with Crippen LogP contribution in [0.5, 0.6) is 0 Å². The van der Waals surface area contributed by atoms with Gasteiger partial charge in [-0.05, 0) is 62.1 Å². The summed E-state index contributed by atoms with van der Waals surface area (Å²) in [6.07, 6.45) is 2.29. The van der Waals surface area contributed by atoms with Crippen molar-refractivity contribution in [2.45, 2.75) is 43.5 Å². The molecule has 7 nitrogen and oxygen atoms in total. The molecular formula is C22H24FN3O4S. The summed E-state index contributed by atoms with van der Waals surface area (Å²) in [5, 5.41) is 2.42. The number of sulfonamides is 1. The molecule has 1 aliphatic carbocycles. The molecule has 2 amide bonds. The largest absolute Gasteiger partial charge is 0.324 e. The minimum atomic E-state index is -3.83. The quantitative estimate of drug-likeness (QED) is 0.685. The van der Waals surface area contributed by atoms with Crippen molar-refractivity contribution in [2.24, 2.45) is 5.92 Å². The van der Waals surface area contributed by atoms with E-state index in [2.05, 4.69) is 10.0 Å². The van der Waals surface area contributed by atoms with Gasteiger partial charge in [-0.25, -0.2) is 17.5 Å². The predicted octanol–water partition coefficient (Wildman–Crippen LogP) is 2.82. The van der Waals surface area contributed by atoms with Crippen molar-refractivity contribution in [2.75, 3.05) is 16.8 Å². The van der Waals surface area contributed by atoms with Gasteiger partial charge in [0, 0.05) is 30.6 Å². The third-order valence-corrected chi connectivity index (χ3v) is 6.99. The molecule has 1 fully saturated rings. The fourth-order valence-corrected chi connectivity index (χ4v) is 4.88. The first-order valence-corrected chi connectivity index (χ1v) is 11.7. The van der Waals surface area contributed by atoms with Crippen molar-refractivity contribution in [3.05, 3.63) is 53.8 Å². The highest BCUT2D eigenvalue weighted by molar-refractivity contribution is 7.89. The lowest BCUT2D eigenvalue weighted by Gasteiger charge is -2.22. The summed E-state index contributed by atoms with van der Waals surface area (Å²) in [5.74, 6) is -0.849. The maximum absolute atomic E-state index is 13.6. The number of halogens is 1. The number of hydrogen-bond donors (Lipinski definition) is 2. The van der Waals surface area contributed by atoms with Crippen molar-refractivity contribution in [1.29, 1.82) is 0 Å². The van der Waals surface area contributed by atoms with Gasteiger partial charge in [-0.2, -0.15) is 0 Å². The van der Waals surface area contributed by atoms with Crippen LogP contribution in [-0.2, 0) is 26.0 Å². The van der Waals surface area contributed by atoms with E-state index in [-0.39, 0.29) is 41.4 Å².